The van der Waals surface area contributed by atoms with Crippen LogP contribution in [-0.2, 0) is 4.74 Å². The summed E-state index contributed by atoms with van der Waals surface area (Å²) in [5.41, 5.74) is 1.58. The molecule has 1 aromatic carbocycles. The van der Waals surface area contributed by atoms with Gasteiger partial charge in [0, 0.05) is 18.8 Å². The monoisotopic (exact) mass is 221 g/mol. The van der Waals surface area contributed by atoms with E-state index >= 15 is 0 Å². The second kappa shape index (κ2) is 4.53. The molecule has 2 rings (SSSR count). The van der Waals surface area contributed by atoms with Crippen molar-refractivity contribution in [3.63, 3.8) is 0 Å². The summed E-state index contributed by atoms with van der Waals surface area (Å²) in [6, 6.07) is 7.24. The minimum absolute atomic E-state index is 0.236. The lowest BCUT2D eigenvalue weighted by molar-refractivity contribution is 0.0600. The summed E-state index contributed by atoms with van der Waals surface area (Å²) in [5.74, 6) is -0.326. The van der Waals surface area contributed by atoms with Gasteiger partial charge < -0.3 is 14.7 Å². The van der Waals surface area contributed by atoms with Crippen molar-refractivity contribution in [2.45, 2.75) is 12.5 Å². The molecule has 1 aliphatic rings. The van der Waals surface area contributed by atoms with Crippen molar-refractivity contribution in [2.75, 3.05) is 25.1 Å². The number of methoxy groups -OCH3 is 1. The fraction of sp³-hybridized carbons (Fsp3) is 0.417. The third kappa shape index (κ3) is 2.17. The molecule has 4 heteroatoms. The third-order valence-corrected chi connectivity index (χ3v) is 2.82. The number of benzene rings is 1. The summed E-state index contributed by atoms with van der Waals surface area (Å²) in [7, 11) is 1.37. The number of carbonyl (C=O) groups excluding carboxylic acids is 1. The first-order chi connectivity index (χ1) is 7.70. The highest BCUT2D eigenvalue weighted by Crippen LogP contribution is 2.20. The van der Waals surface area contributed by atoms with Gasteiger partial charge in [-0.05, 0) is 30.7 Å². The maximum Gasteiger partial charge on any atom is 0.337 e. The van der Waals surface area contributed by atoms with Crippen LogP contribution in [0, 0.1) is 0 Å². The fourth-order valence-electron chi connectivity index (χ4n) is 1.90. The molecule has 1 atom stereocenters. The molecule has 0 aliphatic carbocycles. The van der Waals surface area contributed by atoms with E-state index in [1.807, 2.05) is 12.1 Å². The Labute approximate surface area is 94.4 Å². The van der Waals surface area contributed by atoms with Crippen molar-refractivity contribution < 1.29 is 14.6 Å². The second-order valence-electron chi connectivity index (χ2n) is 3.93. The van der Waals surface area contributed by atoms with Crippen LogP contribution in [0.5, 0.6) is 0 Å². The van der Waals surface area contributed by atoms with Crippen LogP contribution < -0.4 is 4.90 Å². The van der Waals surface area contributed by atoms with E-state index in [0.29, 0.717) is 12.1 Å². The van der Waals surface area contributed by atoms with E-state index in [9.17, 15) is 9.90 Å². The number of nitrogens with zero attached hydrogens (tertiary/aromatic N) is 1. The average molecular weight is 221 g/mol. The SMILES string of the molecule is COC(=O)c1ccc(N2CCC(O)C2)cc1. The van der Waals surface area contributed by atoms with E-state index in [4.69, 9.17) is 0 Å². The molecule has 86 valence electrons. The molecule has 1 unspecified atom stereocenters. The summed E-state index contributed by atoms with van der Waals surface area (Å²) < 4.78 is 4.63. The van der Waals surface area contributed by atoms with Crippen LogP contribution in [0.15, 0.2) is 24.3 Å². The molecule has 1 saturated heterocycles. The summed E-state index contributed by atoms with van der Waals surface area (Å²) in [6.45, 7) is 1.52. The number of aliphatic hydroxyl groups is 1. The van der Waals surface area contributed by atoms with Crippen LogP contribution in [0.25, 0.3) is 0 Å². The van der Waals surface area contributed by atoms with Gasteiger partial charge in [0.05, 0.1) is 18.8 Å². The lowest BCUT2D eigenvalue weighted by Crippen LogP contribution is -2.21. The maximum atomic E-state index is 11.2. The Bertz CT molecular complexity index is 374. The van der Waals surface area contributed by atoms with Crippen molar-refractivity contribution in [1.29, 1.82) is 0 Å². The van der Waals surface area contributed by atoms with Gasteiger partial charge in [0.2, 0.25) is 0 Å². The molecule has 0 radical (unpaired) electrons. The summed E-state index contributed by atoms with van der Waals surface area (Å²) >= 11 is 0. The molecule has 0 bridgehead atoms. The summed E-state index contributed by atoms with van der Waals surface area (Å²) in [5, 5.41) is 9.43. The number of anilines is 1. The largest absolute Gasteiger partial charge is 0.465 e. The molecular weight excluding hydrogens is 206 g/mol. The number of β-amino-alcohol motifs (C(OH)–C–C–N with tert-alkyl or cyclic N) is 1. The number of aliphatic hydroxyl groups excluding tert-OH is 1. The normalized spacial score (nSPS) is 19.9. The molecule has 0 spiro atoms. The van der Waals surface area contributed by atoms with E-state index in [1.165, 1.54) is 7.11 Å². The average Bonchev–Trinajstić information content (AvgIpc) is 2.75. The first kappa shape index (κ1) is 11.0. The quantitative estimate of drug-likeness (QED) is 0.758. The Morgan fingerprint density at radius 2 is 2.12 bits per heavy atom. The van der Waals surface area contributed by atoms with Crippen LogP contribution >= 0.6 is 0 Å². The molecule has 1 aliphatic heterocycles. The van der Waals surface area contributed by atoms with Gasteiger partial charge in [0.15, 0.2) is 0 Å². The zero-order valence-electron chi connectivity index (χ0n) is 9.22. The molecule has 1 aromatic rings. The Balaban J connectivity index is 2.10. The summed E-state index contributed by atoms with van der Waals surface area (Å²) in [6.07, 6.45) is 0.568. The fourth-order valence-corrected chi connectivity index (χ4v) is 1.90. The number of hydrogen-bond donors (Lipinski definition) is 1. The van der Waals surface area contributed by atoms with Crippen LogP contribution in [-0.4, -0.2) is 37.4 Å². The maximum absolute atomic E-state index is 11.2. The van der Waals surface area contributed by atoms with Gasteiger partial charge in [0.1, 0.15) is 0 Å². The van der Waals surface area contributed by atoms with E-state index in [1.54, 1.807) is 12.1 Å². The number of ether oxygens (including phenoxy) is 1. The van der Waals surface area contributed by atoms with Crippen LogP contribution in [0.2, 0.25) is 0 Å². The number of carbonyl (C=O) groups is 1. The molecule has 1 heterocycles. The first-order valence-corrected chi connectivity index (χ1v) is 5.32. The van der Waals surface area contributed by atoms with Crippen molar-refractivity contribution in [3.05, 3.63) is 29.8 Å². The smallest absolute Gasteiger partial charge is 0.337 e. The molecule has 0 aromatic heterocycles. The Kier molecular flexibility index (Phi) is 3.10. The highest BCUT2D eigenvalue weighted by atomic mass is 16.5. The summed E-state index contributed by atoms with van der Waals surface area (Å²) in [4.78, 5) is 13.3. The van der Waals surface area contributed by atoms with Crippen molar-refractivity contribution in [1.82, 2.24) is 0 Å². The Hall–Kier alpha value is -1.55. The molecule has 0 amide bonds. The highest BCUT2D eigenvalue weighted by molar-refractivity contribution is 5.89. The van der Waals surface area contributed by atoms with Gasteiger partial charge in [0.25, 0.3) is 0 Å². The van der Waals surface area contributed by atoms with Crippen LogP contribution in [0.3, 0.4) is 0 Å². The van der Waals surface area contributed by atoms with Crippen molar-refractivity contribution in [3.8, 4) is 0 Å². The van der Waals surface area contributed by atoms with E-state index in [-0.39, 0.29) is 12.1 Å². The molecule has 1 fully saturated rings. The van der Waals surface area contributed by atoms with Gasteiger partial charge in [-0.15, -0.1) is 0 Å². The second-order valence-corrected chi connectivity index (χ2v) is 3.93. The molecular formula is C12H15NO3. The van der Waals surface area contributed by atoms with Crippen LogP contribution in [0.1, 0.15) is 16.8 Å². The van der Waals surface area contributed by atoms with Crippen LogP contribution in [0.4, 0.5) is 5.69 Å². The Morgan fingerprint density at radius 3 is 2.62 bits per heavy atom. The van der Waals surface area contributed by atoms with Gasteiger partial charge in [-0.25, -0.2) is 4.79 Å². The van der Waals surface area contributed by atoms with E-state index in [2.05, 4.69) is 9.64 Å². The number of esters is 1. The van der Waals surface area contributed by atoms with Crippen molar-refractivity contribution >= 4 is 11.7 Å². The molecule has 16 heavy (non-hydrogen) atoms. The molecule has 1 N–H and O–H groups in total. The minimum atomic E-state index is -0.326. The standard InChI is InChI=1S/C12H15NO3/c1-16-12(15)9-2-4-10(5-3-9)13-7-6-11(14)8-13/h2-5,11,14H,6-8H2,1H3. The van der Waals surface area contributed by atoms with E-state index in [0.717, 1.165) is 18.7 Å². The highest BCUT2D eigenvalue weighted by Gasteiger charge is 2.20. The van der Waals surface area contributed by atoms with Gasteiger partial charge >= 0.3 is 5.97 Å². The first-order valence-electron chi connectivity index (χ1n) is 5.32. The number of hydrogen-bond acceptors (Lipinski definition) is 4. The third-order valence-electron chi connectivity index (χ3n) is 2.82. The van der Waals surface area contributed by atoms with Gasteiger partial charge in [-0.3, -0.25) is 0 Å². The lowest BCUT2D eigenvalue weighted by atomic mass is 10.2. The van der Waals surface area contributed by atoms with Crippen molar-refractivity contribution in [2.24, 2.45) is 0 Å². The van der Waals surface area contributed by atoms with Gasteiger partial charge in [-0.2, -0.15) is 0 Å². The molecule has 0 saturated carbocycles. The minimum Gasteiger partial charge on any atom is -0.465 e. The zero-order valence-corrected chi connectivity index (χ0v) is 9.22. The lowest BCUT2D eigenvalue weighted by Gasteiger charge is -2.17. The predicted molar refractivity (Wildman–Crippen MR) is 60.6 cm³/mol. The van der Waals surface area contributed by atoms with Gasteiger partial charge in [-0.1, -0.05) is 0 Å². The van der Waals surface area contributed by atoms with E-state index < -0.39 is 0 Å². The Morgan fingerprint density at radius 1 is 1.44 bits per heavy atom. The number of rotatable bonds is 2. The topological polar surface area (TPSA) is 49.8 Å². The molecule has 4 nitrogen and oxygen atoms in total. The zero-order chi connectivity index (χ0) is 11.5. The predicted octanol–water partition coefficient (Wildman–Crippen LogP) is 1.04.